The zero-order valence-electron chi connectivity index (χ0n) is 15.0. The number of ether oxygens (including phenoxy) is 1. The molecule has 0 aromatic rings. The van der Waals surface area contributed by atoms with Crippen LogP contribution in [0.5, 0.6) is 0 Å². The normalized spacial score (nSPS) is 31.8. The standard InChI is InChI=1S/C20H34O3/c1-3-5-6-15-7-9-16(10-8-15)17-11-12-18(19(21)14-17)20(22)23-13-4-2/h15-18H,3-14H2,1-2H3/t15?,16?,17-,18-/m1/s1. The number of carbonyl (C=O) groups excluding carboxylic acids is 2. The average Bonchev–Trinajstić information content (AvgIpc) is 2.58. The molecule has 2 fully saturated rings. The predicted octanol–water partition coefficient (Wildman–Crippen LogP) is 4.92. The average molecular weight is 322 g/mol. The second-order valence-electron chi connectivity index (χ2n) is 7.65. The zero-order valence-corrected chi connectivity index (χ0v) is 15.0. The van der Waals surface area contributed by atoms with Gasteiger partial charge in [0.05, 0.1) is 6.61 Å². The van der Waals surface area contributed by atoms with E-state index in [1.54, 1.807) is 0 Å². The maximum absolute atomic E-state index is 12.4. The minimum atomic E-state index is -0.473. The van der Waals surface area contributed by atoms with Gasteiger partial charge in [-0.3, -0.25) is 9.59 Å². The van der Waals surface area contributed by atoms with E-state index in [0.29, 0.717) is 31.3 Å². The van der Waals surface area contributed by atoms with E-state index in [-0.39, 0.29) is 11.8 Å². The Morgan fingerprint density at radius 1 is 1.00 bits per heavy atom. The van der Waals surface area contributed by atoms with Gasteiger partial charge in [0.1, 0.15) is 11.7 Å². The molecule has 0 aromatic heterocycles. The first-order valence-electron chi connectivity index (χ1n) is 9.85. The fourth-order valence-electron chi connectivity index (χ4n) is 4.44. The summed E-state index contributed by atoms with van der Waals surface area (Å²) in [7, 11) is 0. The highest BCUT2D eigenvalue weighted by molar-refractivity contribution is 5.99. The molecular formula is C20H34O3. The van der Waals surface area contributed by atoms with E-state index >= 15 is 0 Å². The summed E-state index contributed by atoms with van der Waals surface area (Å²) in [6.07, 6.45) is 12.5. The third-order valence-corrected chi connectivity index (χ3v) is 5.94. The third kappa shape index (κ3) is 5.32. The maximum atomic E-state index is 12.4. The van der Waals surface area contributed by atoms with E-state index in [1.807, 2.05) is 6.92 Å². The van der Waals surface area contributed by atoms with E-state index in [0.717, 1.165) is 18.8 Å². The molecule has 2 aliphatic carbocycles. The molecule has 0 spiro atoms. The van der Waals surface area contributed by atoms with Crippen LogP contribution in [0.3, 0.4) is 0 Å². The first kappa shape index (κ1) is 18.5. The number of esters is 1. The van der Waals surface area contributed by atoms with E-state index < -0.39 is 5.92 Å². The molecule has 3 nitrogen and oxygen atoms in total. The molecule has 2 saturated carbocycles. The Morgan fingerprint density at radius 2 is 1.70 bits per heavy atom. The molecule has 0 bridgehead atoms. The van der Waals surface area contributed by atoms with Crippen molar-refractivity contribution in [1.29, 1.82) is 0 Å². The van der Waals surface area contributed by atoms with Gasteiger partial charge in [-0.25, -0.2) is 0 Å². The molecule has 2 rings (SSSR count). The van der Waals surface area contributed by atoms with Crippen molar-refractivity contribution in [3.63, 3.8) is 0 Å². The van der Waals surface area contributed by atoms with E-state index in [1.165, 1.54) is 44.9 Å². The molecule has 0 N–H and O–H groups in total. The number of hydrogen-bond donors (Lipinski definition) is 0. The molecule has 0 amide bonds. The first-order valence-corrected chi connectivity index (χ1v) is 9.85. The molecule has 2 aliphatic rings. The number of Topliss-reactive ketones (excluding diaryl/α,β-unsaturated/α-hetero) is 1. The van der Waals surface area contributed by atoms with Crippen LogP contribution < -0.4 is 0 Å². The summed E-state index contributed by atoms with van der Waals surface area (Å²) >= 11 is 0. The summed E-state index contributed by atoms with van der Waals surface area (Å²) in [6.45, 7) is 4.68. The molecule has 0 aliphatic heterocycles. The molecular weight excluding hydrogens is 288 g/mol. The topological polar surface area (TPSA) is 43.4 Å². The lowest BCUT2D eigenvalue weighted by molar-refractivity contribution is -0.154. The summed E-state index contributed by atoms with van der Waals surface area (Å²) in [6, 6.07) is 0. The summed E-state index contributed by atoms with van der Waals surface area (Å²) in [5.74, 6) is 1.53. The molecule has 23 heavy (non-hydrogen) atoms. The Morgan fingerprint density at radius 3 is 2.30 bits per heavy atom. The lowest BCUT2D eigenvalue weighted by Gasteiger charge is -2.36. The van der Waals surface area contributed by atoms with Crippen molar-refractivity contribution < 1.29 is 14.3 Å². The number of carbonyl (C=O) groups is 2. The smallest absolute Gasteiger partial charge is 0.316 e. The SMILES string of the molecule is CCCCC1CCC([C@@H]2CC[C@@H](C(=O)OCCC)C(=O)C2)CC1. The monoisotopic (exact) mass is 322 g/mol. The van der Waals surface area contributed by atoms with Crippen LogP contribution in [0.4, 0.5) is 0 Å². The Labute approximate surface area is 141 Å². The minimum Gasteiger partial charge on any atom is -0.465 e. The van der Waals surface area contributed by atoms with Crippen molar-refractivity contribution in [1.82, 2.24) is 0 Å². The number of unbranched alkanes of at least 4 members (excludes halogenated alkanes) is 1. The molecule has 0 saturated heterocycles. The van der Waals surface area contributed by atoms with E-state index in [9.17, 15) is 9.59 Å². The van der Waals surface area contributed by atoms with Gasteiger partial charge in [-0.15, -0.1) is 0 Å². The highest BCUT2D eigenvalue weighted by atomic mass is 16.5. The van der Waals surface area contributed by atoms with Crippen LogP contribution in [0.15, 0.2) is 0 Å². The summed E-state index contributed by atoms with van der Waals surface area (Å²) in [5, 5.41) is 0. The van der Waals surface area contributed by atoms with Gasteiger partial charge in [0.2, 0.25) is 0 Å². The second kappa shape index (κ2) is 9.44. The summed E-state index contributed by atoms with van der Waals surface area (Å²) < 4.78 is 5.17. The Balaban J connectivity index is 1.75. The van der Waals surface area contributed by atoms with Gasteiger partial charge in [-0.1, -0.05) is 46.0 Å². The highest BCUT2D eigenvalue weighted by Gasteiger charge is 2.38. The minimum absolute atomic E-state index is 0.135. The number of rotatable bonds is 7. The van der Waals surface area contributed by atoms with Gasteiger partial charge in [0.25, 0.3) is 0 Å². The van der Waals surface area contributed by atoms with Gasteiger partial charge in [0.15, 0.2) is 0 Å². The van der Waals surface area contributed by atoms with Crippen molar-refractivity contribution in [3.8, 4) is 0 Å². The van der Waals surface area contributed by atoms with Crippen LogP contribution in [-0.4, -0.2) is 18.4 Å². The fraction of sp³-hybridized carbons (Fsp3) is 0.900. The van der Waals surface area contributed by atoms with Gasteiger partial charge >= 0.3 is 5.97 Å². The van der Waals surface area contributed by atoms with Gasteiger partial charge in [-0.2, -0.15) is 0 Å². The number of hydrogen-bond acceptors (Lipinski definition) is 3. The predicted molar refractivity (Wildman–Crippen MR) is 92.1 cm³/mol. The Kier molecular flexibility index (Phi) is 7.58. The fourth-order valence-corrected chi connectivity index (χ4v) is 4.44. The molecule has 3 heteroatoms. The first-order chi connectivity index (χ1) is 11.2. The van der Waals surface area contributed by atoms with Gasteiger partial charge in [0, 0.05) is 6.42 Å². The third-order valence-electron chi connectivity index (χ3n) is 5.94. The molecule has 0 aromatic carbocycles. The van der Waals surface area contributed by atoms with Crippen LogP contribution in [0.25, 0.3) is 0 Å². The molecule has 2 atom stereocenters. The van der Waals surface area contributed by atoms with Gasteiger partial charge < -0.3 is 4.74 Å². The molecule has 132 valence electrons. The summed E-state index contributed by atoms with van der Waals surface area (Å²) in [4.78, 5) is 24.3. The Hall–Kier alpha value is -0.860. The maximum Gasteiger partial charge on any atom is 0.316 e. The van der Waals surface area contributed by atoms with Crippen LogP contribution in [-0.2, 0) is 14.3 Å². The van der Waals surface area contributed by atoms with Crippen LogP contribution in [0, 0.1) is 23.7 Å². The van der Waals surface area contributed by atoms with Crippen molar-refractivity contribution in [2.75, 3.05) is 6.61 Å². The number of ketones is 1. The molecule has 0 radical (unpaired) electrons. The molecule has 0 unspecified atom stereocenters. The molecule has 0 heterocycles. The lowest BCUT2D eigenvalue weighted by Crippen LogP contribution is -2.35. The highest BCUT2D eigenvalue weighted by Crippen LogP contribution is 2.41. The zero-order chi connectivity index (χ0) is 16.7. The Bertz CT molecular complexity index is 382. The van der Waals surface area contributed by atoms with Crippen LogP contribution >= 0.6 is 0 Å². The van der Waals surface area contributed by atoms with E-state index in [4.69, 9.17) is 4.74 Å². The lowest BCUT2D eigenvalue weighted by atomic mass is 9.68. The van der Waals surface area contributed by atoms with Crippen molar-refractivity contribution in [2.24, 2.45) is 23.7 Å². The van der Waals surface area contributed by atoms with Gasteiger partial charge in [-0.05, 0) is 49.9 Å². The van der Waals surface area contributed by atoms with Crippen molar-refractivity contribution in [3.05, 3.63) is 0 Å². The summed E-state index contributed by atoms with van der Waals surface area (Å²) in [5.41, 5.74) is 0. The second-order valence-corrected chi connectivity index (χ2v) is 7.65. The van der Waals surface area contributed by atoms with Crippen LogP contribution in [0.2, 0.25) is 0 Å². The van der Waals surface area contributed by atoms with E-state index in [2.05, 4.69) is 6.92 Å². The largest absolute Gasteiger partial charge is 0.465 e. The van der Waals surface area contributed by atoms with Crippen molar-refractivity contribution in [2.45, 2.75) is 84.5 Å². The van der Waals surface area contributed by atoms with Crippen molar-refractivity contribution >= 4 is 11.8 Å². The quantitative estimate of drug-likeness (QED) is 0.493. The van der Waals surface area contributed by atoms with Crippen LogP contribution in [0.1, 0.15) is 84.5 Å².